The molecule has 0 bridgehead atoms. The summed E-state index contributed by atoms with van der Waals surface area (Å²) in [5.74, 6) is -0.0996. The van der Waals surface area contributed by atoms with Gasteiger partial charge in [-0.2, -0.15) is 0 Å². The predicted octanol–water partition coefficient (Wildman–Crippen LogP) is 3.79. The number of carbonyl (C=O) groups is 1. The summed E-state index contributed by atoms with van der Waals surface area (Å²) in [5, 5.41) is 0. The van der Waals surface area contributed by atoms with Gasteiger partial charge in [-0.1, -0.05) is 48.0 Å². The molecule has 0 spiro atoms. The molecule has 0 aromatic heterocycles. The molecule has 0 unspecified atom stereocenters. The summed E-state index contributed by atoms with van der Waals surface area (Å²) in [5.41, 5.74) is 0.395. The molecule has 0 atom stereocenters. The molecule has 0 saturated heterocycles. The standard InChI is InChI=1S/C13H26O2/c1-7-11(14)15-10-13(5,6)9-12(3,4)8-2/h7-10H2,1-6H3. The van der Waals surface area contributed by atoms with Crippen LogP contribution in [0.2, 0.25) is 0 Å². The van der Waals surface area contributed by atoms with E-state index in [9.17, 15) is 4.79 Å². The minimum absolute atomic E-state index is 0.0737. The Bertz CT molecular complexity index is 205. The van der Waals surface area contributed by atoms with Crippen LogP contribution in [-0.2, 0) is 9.53 Å². The van der Waals surface area contributed by atoms with E-state index in [0.29, 0.717) is 18.4 Å². The van der Waals surface area contributed by atoms with Gasteiger partial charge in [0.2, 0.25) is 0 Å². The second kappa shape index (κ2) is 5.53. The SMILES string of the molecule is CCC(=O)OCC(C)(C)CC(C)(C)CC. The number of hydrogen-bond donors (Lipinski definition) is 0. The Morgan fingerprint density at radius 1 is 1.07 bits per heavy atom. The highest BCUT2D eigenvalue weighted by atomic mass is 16.5. The highest BCUT2D eigenvalue weighted by molar-refractivity contribution is 5.68. The minimum Gasteiger partial charge on any atom is -0.465 e. The van der Waals surface area contributed by atoms with E-state index in [1.54, 1.807) is 0 Å². The zero-order chi connectivity index (χ0) is 12.1. The van der Waals surface area contributed by atoms with Crippen molar-refractivity contribution in [2.45, 2.75) is 60.8 Å². The van der Waals surface area contributed by atoms with Gasteiger partial charge in [0, 0.05) is 6.42 Å². The van der Waals surface area contributed by atoms with E-state index in [2.05, 4.69) is 34.6 Å². The number of esters is 1. The number of hydrogen-bond acceptors (Lipinski definition) is 2. The van der Waals surface area contributed by atoms with Crippen molar-refractivity contribution in [2.24, 2.45) is 10.8 Å². The molecule has 2 nitrogen and oxygen atoms in total. The zero-order valence-corrected chi connectivity index (χ0v) is 11.1. The Labute approximate surface area is 94.4 Å². The van der Waals surface area contributed by atoms with Gasteiger partial charge in [0.25, 0.3) is 0 Å². The van der Waals surface area contributed by atoms with Gasteiger partial charge >= 0.3 is 5.97 Å². The molecule has 90 valence electrons. The quantitative estimate of drug-likeness (QED) is 0.629. The summed E-state index contributed by atoms with van der Waals surface area (Å²) in [6.45, 7) is 13.4. The molecule has 0 amide bonds. The molecular formula is C13H26O2. The van der Waals surface area contributed by atoms with E-state index >= 15 is 0 Å². The summed E-state index contributed by atoms with van der Waals surface area (Å²) in [4.78, 5) is 11.1. The van der Waals surface area contributed by atoms with Gasteiger partial charge in [0.05, 0.1) is 6.61 Å². The maximum Gasteiger partial charge on any atom is 0.305 e. The molecule has 0 heterocycles. The van der Waals surface area contributed by atoms with E-state index < -0.39 is 0 Å². The number of rotatable bonds is 6. The summed E-state index contributed by atoms with van der Waals surface area (Å²) >= 11 is 0. The van der Waals surface area contributed by atoms with Gasteiger partial charge in [-0.15, -0.1) is 0 Å². The van der Waals surface area contributed by atoms with Gasteiger partial charge in [-0.3, -0.25) is 4.79 Å². The molecule has 0 aromatic rings. The topological polar surface area (TPSA) is 26.3 Å². The molecule has 0 fully saturated rings. The van der Waals surface area contributed by atoms with Crippen molar-refractivity contribution in [1.29, 1.82) is 0 Å². The second-order valence-electron chi connectivity index (χ2n) is 5.87. The van der Waals surface area contributed by atoms with Gasteiger partial charge in [-0.05, 0) is 17.3 Å². The Balaban J connectivity index is 4.13. The number of ether oxygens (including phenoxy) is 1. The Hall–Kier alpha value is -0.530. The van der Waals surface area contributed by atoms with E-state index in [4.69, 9.17) is 4.74 Å². The van der Waals surface area contributed by atoms with Crippen molar-refractivity contribution in [3.63, 3.8) is 0 Å². The lowest BCUT2D eigenvalue weighted by Gasteiger charge is -2.33. The smallest absolute Gasteiger partial charge is 0.305 e. The third-order valence-corrected chi connectivity index (χ3v) is 2.83. The third kappa shape index (κ3) is 6.53. The van der Waals surface area contributed by atoms with Gasteiger partial charge in [0.1, 0.15) is 0 Å². The highest BCUT2D eigenvalue weighted by Gasteiger charge is 2.28. The molecule has 15 heavy (non-hydrogen) atoms. The van der Waals surface area contributed by atoms with Crippen LogP contribution >= 0.6 is 0 Å². The molecule has 0 rings (SSSR count). The molecule has 0 radical (unpaired) electrons. The van der Waals surface area contributed by atoms with E-state index in [1.807, 2.05) is 6.92 Å². The number of carbonyl (C=O) groups excluding carboxylic acids is 1. The van der Waals surface area contributed by atoms with Crippen molar-refractivity contribution >= 4 is 5.97 Å². The first-order valence-electron chi connectivity index (χ1n) is 5.88. The third-order valence-electron chi connectivity index (χ3n) is 2.83. The molecular weight excluding hydrogens is 188 g/mol. The first-order valence-corrected chi connectivity index (χ1v) is 5.88. The van der Waals surface area contributed by atoms with Crippen LogP contribution in [0.1, 0.15) is 60.8 Å². The van der Waals surface area contributed by atoms with Crippen LogP contribution in [0.5, 0.6) is 0 Å². The molecule has 0 saturated carbocycles. The van der Waals surface area contributed by atoms with Crippen LogP contribution in [0.15, 0.2) is 0 Å². The highest BCUT2D eigenvalue weighted by Crippen LogP contribution is 2.36. The summed E-state index contributed by atoms with van der Waals surface area (Å²) in [6.07, 6.45) is 2.69. The fourth-order valence-corrected chi connectivity index (χ4v) is 1.85. The first-order chi connectivity index (χ1) is 6.72. The average Bonchev–Trinajstić information content (AvgIpc) is 2.13. The van der Waals surface area contributed by atoms with Crippen LogP contribution in [-0.4, -0.2) is 12.6 Å². The van der Waals surface area contributed by atoms with Crippen LogP contribution in [0.25, 0.3) is 0 Å². The Kier molecular flexibility index (Phi) is 5.33. The molecule has 2 heteroatoms. The normalized spacial score (nSPS) is 12.7. The predicted molar refractivity (Wildman–Crippen MR) is 63.7 cm³/mol. The van der Waals surface area contributed by atoms with E-state index in [-0.39, 0.29) is 11.4 Å². The summed E-state index contributed by atoms with van der Waals surface area (Å²) in [6, 6.07) is 0. The van der Waals surface area contributed by atoms with Crippen molar-refractivity contribution in [2.75, 3.05) is 6.61 Å². The molecule has 0 aliphatic heterocycles. The Morgan fingerprint density at radius 3 is 2.00 bits per heavy atom. The largest absolute Gasteiger partial charge is 0.465 e. The minimum atomic E-state index is -0.0996. The fraction of sp³-hybridized carbons (Fsp3) is 0.923. The van der Waals surface area contributed by atoms with Gasteiger partial charge in [-0.25, -0.2) is 0 Å². The van der Waals surface area contributed by atoms with Crippen molar-refractivity contribution in [3.05, 3.63) is 0 Å². The van der Waals surface area contributed by atoms with E-state index in [0.717, 1.165) is 12.8 Å². The van der Waals surface area contributed by atoms with Crippen LogP contribution in [0.4, 0.5) is 0 Å². The first kappa shape index (κ1) is 14.5. The van der Waals surface area contributed by atoms with Crippen LogP contribution in [0.3, 0.4) is 0 Å². The van der Waals surface area contributed by atoms with Crippen LogP contribution in [0, 0.1) is 10.8 Å². The summed E-state index contributed by atoms with van der Waals surface area (Å²) < 4.78 is 5.21. The monoisotopic (exact) mass is 214 g/mol. The van der Waals surface area contributed by atoms with Crippen LogP contribution < -0.4 is 0 Å². The van der Waals surface area contributed by atoms with E-state index in [1.165, 1.54) is 0 Å². The lowest BCUT2D eigenvalue weighted by atomic mass is 9.74. The maximum absolute atomic E-state index is 11.1. The van der Waals surface area contributed by atoms with Gasteiger partial charge < -0.3 is 4.74 Å². The molecule has 0 aliphatic carbocycles. The maximum atomic E-state index is 11.1. The van der Waals surface area contributed by atoms with Crippen molar-refractivity contribution < 1.29 is 9.53 Å². The average molecular weight is 214 g/mol. The van der Waals surface area contributed by atoms with Gasteiger partial charge in [0.15, 0.2) is 0 Å². The summed E-state index contributed by atoms with van der Waals surface area (Å²) in [7, 11) is 0. The second-order valence-corrected chi connectivity index (χ2v) is 5.87. The molecule has 0 N–H and O–H groups in total. The fourth-order valence-electron chi connectivity index (χ4n) is 1.85. The zero-order valence-electron chi connectivity index (χ0n) is 11.1. The molecule has 0 aromatic carbocycles. The lowest BCUT2D eigenvalue weighted by molar-refractivity contribution is -0.146. The lowest BCUT2D eigenvalue weighted by Crippen LogP contribution is -2.28. The van der Waals surface area contributed by atoms with Crippen molar-refractivity contribution in [1.82, 2.24) is 0 Å². The Morgan fingerprint density at radius 2 is 1.60 bits per heavy atom. The molecule has 0 aliphatic rings. The van der Waals surface area contributed by atoms with Crippen molar-refractivity contribution in [3.8, 4) is 0 Å².